The largest absolute Gasteiger partial charge is 0.494 e. The van der Waals surface area contributed by atoms with Gasteiger partial charge in [0.15, 0.2) is 0 Å². The third kappa shape index (κ3) is 3.72. The summed E-state index contributed by atoms with van der Waals surface area (Å²) in [6.45, 7) is 6.08. The van der Waals surface area contributed by atoms with Gasteiger partial charge in [0.25, 0.3) is 0 Å². The van der Waals surface area contributed by atoms with E-state index in [0.717, 1.165) is 29.0 Å². The van der Waals surface area contributed by atoms with Gasteiger partial charge in [-0.25, -0.2) is 0 Å². The molecule has 0 saturated carbocycles. The molecular formula is C14H20ClN3O. The maximum absolute atomic E-state index is 5.53. The normalized spacial score (nSPS) is 10.1. The highest BCUT2D eigenvalue weighted by atomic mass is 35.5. The number of benzene rings is 1. The molecule has 0 amide bonds. The Morgan fingerprint density at radius 2 is 2.11 bits per heavy atom. The number of hydrogen-bond acceptors (Lipinski definition) is 3. The predicted molar refractivity (Wildman–Crippen MR) is 79.9 cm³/mol. The number of aryl methyl sites for hydroxylation is 1. The molecule has 0 aliphatic rings. The summed E-state index contributed by atoms with van der Waals surface area (Å²) < 4.78 is 7.40. The molecule has 5 heteroatoms. The molecule has 2 aromatic rings. The van der Waals surface area contributed by atoms with Gasteiger partial charge in [0, 0.05) is 18.3 Å². The van der Waals surface area contributed by atoms with Crippen LogP contribution < -0.4 is 10.5 Å². The van der Waals surface area contributed by atoms with Crippen molar-refractivity contribution in [1.82, 2.24) is 9.78 Å². The second-order valence-electron chi connectivity index (χ2n) is 4.19. The van der Waals surface area contributed by atoms with Crippen LogP contribution in [0.2, 0.25) is 0 Å². The van der Waals surface area contributed by atoms with Crippen molar-refractivity contribution in [2.75, 3.05) is 13.2 Å². The summed E-state index contributed by atoms with van der Waals surface area (Å²) in [6.07, 6.45) is 3.88. The molecule has 0 saturated heterocycles. The second kappa shape index (κ2) is 7.16. The van der Waals surface area contributed by atoms with Crippen LogP contribution in [0.3, 0.4) is 0 Å². The topological polar surface area (TPSA) is 53.1 Å². The SMILES string of the molecule is CCOc1ccc(-c2cnn(CCN)c2)cc1C.Cl. The number of aromatic nitrogens is 2. The van der Waals surface area contributed by atoms with Gasteiger partial charge in [-0.1, -0.05) is 6.07 Å². The van der Waals surface area contributed by atoms with Gasteiger partial charge < -0.3 is 10.5 Å². The summed E-state index contributed by atoms with van der Waals surface area (Å²) in [5.41, 5.74) is 8.91. The van der Waals surface area contributed by atoms with E-state index in [9.17, 15) is 0 Å². The summed E-state index contributed by atoms with van der Waals surface area (Å²) in [7, 11) is 0. The number of halogens is 1. The van der Waals surface area contributed by atoms with Crippen molar-refractivity contribution < 1.29 is 4.74 Å². The number of rotatable bonds is 5. The van der Waals surface area contributed by atoms with Gasteiger partial charge in [-0.2, -0.15) is 5.10 Å². The zero-order valence-electron chi connectivity index (χ0n) is 11.3. The van der Waals surface area contributed by atoms with Crippen LogP contribution >= 0.6 is 12.4 Å². The fourth-order valence-electron chi connectivity index (χ4n) is 1.91. The molecule has 4 nitrogen and oxygen atoms in total. The van der Waals surface area contributed by atoms with Crippen LogP contribution in [0.5, 0.6) is 5.75 Å². The van der Waals surface area contributed by atoms with E-state index in [1.54, 1.807) is 0 Å². The van der Waals surface area contributed by atoms with Crippen molar-refractivity contribution in [3.8, 4) is 16.9 Å². The van der Waals surface area contributed by atoms with Crippen LogP contribution in [0.4, 0.5) is 0 Å². The van der Waals surface area contributed by atoms with Crippen molar-refractivity contribution in [3.05, 3.63) is 36.2 Å². The summed E-state index contributed by atoms with van der Waals surface area (Å²) in [6, 6.07) is 6.19. The maximum atomic E-state index is 5.53. The van der Waals surface area contributed by atoms with Crippen LogP contribution in [0.15, 0.2) is 30.6 Å². The Balaban J connectivity index is 0.00000180. The maximum Gasteiger partial charge on any atom is 0.122 e. The molecule has 1 heterocycles. The van der Waals surface area contributed by atoms with Crippen LogP contribution in [0.25, 0.3) is 11.1 Å². The molecule has 0 atom stereocenters. The second-order valence-corrected chi connectivity index (χ2v) is 4.19. The van der Waals surface area contributed by atoms with Crippen LogP contribution in [-0.2, 0) is 6.54 Å². The lowest BCUT2D eigenvalue weighted by Crippen LogP contribution is -2.09. The monoisotopic (exact) mass is 281 g/mol. The van der Waals surface area contributed by atoms with E-state index in [4.69, 9.17) is 10.5 Å². The summed E-state index contributed by atoms with van der Waals surface area (Å²) >= 11 is 0. The summed E-state index contributed by atoms with van der Waals surface area (Å²) in [4.78, 5) is 0. The quantitative estimate of drug-likeness (QED) is 0.917. The molecule has 1 aromatic heterocycles. The Morgan fingerprint density at radius 3 is 2.74 bits per heavy atom. The van der Waals surface area contributed by atoms with Crippen molar-refractivity contribution in [2.24, 2.45) is 5.73 Å². The smallest absolute Gasteiger partial charge is 0.122 e. The average molecular weight is 282 g/mol. The molecule has 0 radical (unpaired) electrons. The number of ether oxygens (including phenoxy) is 1. The van der Waals surface area contributed by atoms with Crippen LogP contribution in [0, 0.1) is 6.92 Å². The highest BCUT2D eigenvalue weighted by Crippen LogP contribution is 2.25. The molecule has 2 rings (SSSR count). The van der Waals surface area contributed by atoms with Gasteiger partial charge in [-0.05, 0) is 37.1 Å². The van der Waals surface area contributed by atoms with Crippen molar-refractivity contribution >= 4 is 12.4 Å². The minimum Gasteiger partial charge on any atom is -0.494 e. The number of nitrogens with two attached hydrogens (primary N) is 1. The Bertz CT molecular complexity index is 525. The first kappa shape index (κ1) is 15.5. The van der Waals surface area contributed by atoms with Gasteiger partial charge in [0.05, 0.1) is 19.3 Å². The fourth-order valence-corrected chi connectivity index (χ4v) is 1.91. The van der Waals surface area contributed by atoms with Crippen LogP contribution in [-0.4, -0.2) is 22.9 Å². The molecule has 0 bridgehead atoms. The Labute approximate surface area is 120 Å². The molecule has 0 unspecified atom stereocenters. The van der Waals surface area contributed by atoms with E-state index in [0.29, 0.717) is 13.2 Å². The summed E-state index contributed by atoms with van der Waals surface area (Å²) in [5, 5.41) is 4.28. The van der Waals surface area contributed by atoms with Gasteiger partial charge in [0.2, 0.25) is 0 Å². The fraction of sp³-hybridized carbons (Fsp3) is 0.357. The van der Waals surface area contributed by atoms with Crippen molar-refractivity contribution in [3.63, 3.8) is 0 Å². The standard InChI is InChI=1S/C14H19N3O.ClH/c1-3-18-14-5-4-12(8-11(14)2)13-9-16-17(10-13)7-6-15;/h4-5,8-10H,3,6-7,15H2,1-2H3;1H. The Hall–Kier alpha value is -1.52. The van der Waals surface area contributed by atoms with Crippen molar-refractivity contribution in [1.29, 1.82) is 0 Å². The van der Waals surface area contributed by atoms with Crippen LogP contribution in [0.1, 0.15) is 12.5 Å². The summed E-state index contributed by atoms with van der Waals surface area (Å²) in [5.74, 6) is 0.940. The first-order valence-corrected chi connectivity index (χ1v) is 6.21. The van der Waals surface area contributed by atoms with Gasteiger partial charge in [0.1, 0.15) is 5.75 Å². The molecule has 0 fully saturated rings. The minimum atomic E-state index is 0. The lowest BCUT2D eigenvalue weighted by atomic mass is 10.1. The third-order valence-corrected chi connectivity index (χ3v) is 2.80. The van der Waals surface area contributed by atoms with Gasteiger partial charge in [-0.3, -0.25) is 4.68 Å². The van der Waals surface area contributed by atoms with Gasteiger partial charge >= 0.3 is 0 Å². The van der Waals surface area contributed by atoms with Crippen molar-refractivity contribution in [2.45, 2.75) is 20.4 Å². The molecule has 0 aliphatic heterocycles. The number of nitrogens with zero attached hydrogens (tertiary/aromatic N) is 2. The molecule has 1 aromatic carbocycles. The van der Waals surface area contributed by atoms with Gasteiger partial charge in [-0.15, -0.1) is 12.4 Å². The zero-order valence-corrected chi connectivity index (χ0v) is 12.1. The first-order valence-electron chi connectivity index (χ1n) is 6.21. The highest BCUT2D eigenvalue weighted by Gasteiger charge is 2.05. The molecule has 2 N–H and O–H groups in total. The van der Waals surface area contributed by atoms with E-state index in [-0.39, 0.29) is 12.4 Å². The molecular weight excluding hydrogens is 262 g/mol. The van der Waals surface area contributed by atoms with E-state index < -0.39 is 0 Å². The highest BCUT2D eigenvalue weighted by molar-refractivity contribution is 5.85. The predicted octanol–water partition coefficient (Wildman–Crippen LogP) is 2.64. The van der Waals surface area contributed by atoms with E-state index in [1.165, 1.54) is 0 Å². The first-order chi connectivity index (χ1) is 8.74. The molecule has 104 valence electrons. The average Bonchev–Trinajstić information content (AvgIpc) is 2.81. The third-order valence-electron chi connectivity index (χ3n) is 2.80. The number of hydrogen-bond donors (Lipinski definition) is 1. The lowest BCUT2D eigenvalue weighted by Gasteiger charge is -2.08. The Morgan fingerprint density at radius 1 is 1.32 bits per heavy atom. The zero-order chi connectivity index (χ0) is 13.0. The van der Waals surface area contributed by atoms with E-state index in [1.807, 2.05) is 30.1 Å². The molecule has 19 heavy (non-hydrogen) atoms. The lowest BCUT2D eigenvalue weighted by molar-refractivity contribution is 0.338. The minimum absolute atomic E-state index is 0. The Kier molecular flexibility index (Phi) is 5.86. The van der Waals surface area contributed by atoms with E-state index >= 15 is 0 Å². The molecule has 0 aliphatic carbocycles. The van der Waals surface area contributed by atoms with E-state index in [2.05, 4.69) is 24.2 Å². The molecule has 0 spiro atoms.